The van der Waals surface area contributed by atoms with Gasteiger partial charge in [0.15, 0.2) is 5.82 Å². The zero-order chi connectivity index (χ0) is 35.5. The van der Waals surface area contributed by atoms with Crippen molar-refractivity contribution < 1.29 is 27.5 Å². The Bertz CT molecular complexity index is 2100. The molecule has 1 aliphatic carbocycles. The largest absolute Gasteiger partial charge is 0.463 e. The number of benzene rings is 2. The fourth-order valence-electron chi connectivity index (χ4n) is 8.35. The van der Waals surface area contributed by atoms with E-state index in [1.54, 1.807) is 34.1 Å². The van der Waals surface area contributed by atoms with Crippen molar-refractivity contribution >= 4 is 39.3 Å². The number of fused-ring (bicyclic) bond motifs is 3. The minimum Gasteiger partial charge on any atom is -0.463 e. The molecule has 2 aliphatic heterocycles. The molecule has 50 heavy (non-hydrogen) atoms. The van der Waals surface area contributed by atoms with Crippen LogP contribution in [0.2, 0.25) is 0 Å². The molecule has 3 aliphatic rings. The van der Waals surface area contributed by atoms with Gasteiger partial charge in [0.25, 0.3) is 0 Å². The van der Waals surface area contributed by atoms with Crippen LogP contribution in [0.15, 0.2) is 49.2 Å². The van der Waals surface area contributed by atoms with Crippen LogP contribution in [0.3, 0.4) is 0 Å². The molecule has 0 N–H and O–H groups in total. The quantitative estimate of drug-likeness (QED) is 0.183. The summed E-state index contributed by atoms with van der Waals surface area (Å²) in [4.78, 5) is 44.0. The predicted molar refractivity (Wildman–Crippen MR) is 184 cm³/mol. The number of anilines is 1. The summed E-state index contributed by atoms with van der Waals surface area (Å²) < 4.78 is 52.8. The van der Waals surface area contributed by atoms with Gasteiger partial charge in [0.05, 0.1) is 23.6 Å². The number of terminal acetylenes is 1. The van der Waals surface area contributed by atoms with E-state index >= 15 is 4.39 Å². The Morgan fingerprint density at radius 1 is 1.24 bits per heavy atom. The average Bonchev–Trinajstić information content (AvgIpc) is 3.76. The second-order valence-corrected chi connectivity index (χ2v) is 13.7. The Hall–Kier alpha value is -5.18. The summed E-state index contributed by atoms with van der Waals surface area (Å²) in [5, 5.41) is 1.26. The normalized spacial score (nSPS) is 24.4. The number of amides is 2. The van der Waals surface area contributed by atoms with Crippen molar-refractivity contribution in [1.82, 2.24) is 24.8 Å². The lowest BCUT2D eigenvalue weighted by molar-refractivity contribution is -0.128. The fraction of sp³-hybridized carbons (Fsp3) is 0.395. The number of hydrogen-bond acceptors (Lipinski definition) is 7. The molecule has 5 atom stereocenters. The van der Waals surface area contributed by atoms with Gasteiger partial charge in [-0.1, -0.05) is 36.8 Å². The lowest BCUT2D eigenvalue weighted by atomic mass is 9.81. The molecule has 258 valence electrons. The lowest BCUT2D eigenvalue weighted by Crippen LogP contribution is -2.43. The van der Waals surface area contributed by atoms with Crippen LogP contribution in [-0.2, 0) is 9.59 Å². The van der Waals surface area contributed by atoms with Gasteiger partial charge in [0.2, 0.25) is 11.8 Å². The van der Waals surface area contributed by atoms with E-state index in [2.05, 4.69) is 22.5 Å². The SMILES string of the molecule is C#Cc1c(F)ccc2cccc(-c3ncc4c(N(C)[C@@H]5CCN(C(=O)C=C)[C@@H]5C)nc(OCC56CC(F)CC5CN(C(C)=O)C6)nc4c3F)c12. The highest BCUT2D eigenvalue weighted by atomic mass is 19.1. The van der Waals surface area contributed by atoms with E-state index in [9.17, 15) is 18.4 Å². The second-order valence-electron chi connectivity index (χ2n) is 13.7. The van der Waals surface area contributed by atoms with Gasteiger partial charge in [0, 0.05) is 62.2 Å². The summed E-state index contributed by atoms with van der Waals surface area (Å²) in [6.07, 6.45) is 8.62. The van der Waals surface area contributed by atoms with E-state index in [0.717, 1.165) is 0 Å². The minimum atomic E-state index is -1.02. The predicted octanol–water partition coefficient (Wildman–Crippen LogP) is 5.69. The molecule has 1 saturated carbocycles. The third kappa shape index (κ3) is 5.39. The second kappa shape index (κ2) is 12.6. The fourth-order valence-corrected chi connectivity index (χ4v) is 8.35. The number of nitrogens with zero attached hydrogens (tertiary/aromatic N) is 6. The number of alkyl halides is 1. The monoisotopic (exact) mass is 682 g/mol. The van der Waals surface area contributed by atoms with Crippen LogP contribution in [0.1, 0.15) is 38.7 Å². The number of carbonyl (C=O) groups is 2. The van der Waals surface area contributed by atoms with E-state index in [4.69, 9.17) is 16.1 Å². The molecule has 4 aromatic rings. The van der Waals surface area contributed by atoms with Crippen molar-refractivity contribution in [2.24, 2.45) is 11.3 Å². The molecule has 3 unspecified atom stereocenters. The molecule has 3 fully saturated rings. The lowest BCUT2D eigenvalue weighted by Gasteiger charge is -2.32. The number of rotatable bonds is 7. The number of ether oxygens (including phenoxy) is 1. The van der Waals surface area contributed by atoms with Crippen LogP contribution in [0, 0.1) is 35.3 Å². The van der Waals surface area contributed by atoms with Crippen LogP contribution >= 0.6 is 0 Å². The van der Waals surface area contributed by atoms with Gasteiger partial charge in [-0.3, -0.25) is 14.6 Å². The Labute approximate surface area is 288 Å². The first-order valence-electron chi connectivity index (χ1n) is 16.7. The maximum absolute atomic E-state index is 16.9. The summed E-state index contributed by atoms with van der Waals surface area (Å²) in [5.74, 6) is 0.976. The molecule has 0 bridgehead atoms. The highest BCUT2D eigenvalue weighted by Gasteiger charge is 2.54. The topological polar surface area (TPSA) is 91.8 Å². The zero-order valence-corrected chi connectivity index (χ0v) is 28.1. The molecule has 0 spiro atoms. The molecule has 2 aromatic carbocycles. The average molecular weight is 683 g/mol. The molecular formula is C38H37F3N6O3. The Balaban J connectivity index is 1.35. The van der Waals surface area contributed by atoms with Gasteiger partial charge >= 0.3 is 6.01 Å². The first-order valence-corrected chi connectivity index (χ1v) is 16.7. The van der Waals surface area contributed by atoms with Crippen molar-refractivity contribution in [3.8, 4) is 29.6 Å². The van der Waals surface area contributed by atoms with E-state index in [1.165, 1.54) is 25.3 Å². The van der Waals surface area contributed by atoms with Crippen LogP contribution < -0.4 is 9.64 Å². The van der Waals surface area contributed by atoms with Crippen LogP contribution in [0.25, 0.3) is 32.9 Å². The number of aromatic nitrogens is 3. The van der Waals surface area contributed by atoms with Gasteiger partial charge in [-0.2, -0.15) is 9.97 Å². The van der Waals surface area contributed by atoms with Gasteiger partial charge < -0.3 is 19.4 Å². The number of halogens is 3. The maximum atomic E-state index is 16.9. The number of likely N-dealkylation sites (tertiary alicyclic amines) is 2. The number of likely N-dealkylation sites (N-methyl/N-ethyl adjacent to an activating group) is 1. The van der Waals surface area contributed by atoms with E-state index in [-0.39, 0.29) is 65.6 Å². The smallest absolute Gasteiger partial charge is 0.319 e. The highest BCUT2D eigenvalue weighted by Crippen LogP contribution is 2.50. The van der Waals surface area contributed by atoms with Gasteiger partial charge in [-0.25, -0.2) is 13.2 Å². The number of pyridine rings is 1. The summed E-state index contributed by atoms with van der Waals surface area (Å²) in [5.41, 5.74) is -0.508. The molecule has 2 amide bonds. The van der Waals surface area contributed by atoms with E-state index in [1.807, 2.05) is 18.9 Å². The third-order valence-electron chi connectivity index (χ3n) is 11.0. The van der Waals surface area contributed by atoms with Crippen LogP contribution in [0.4, 0.5) is 19.0 Å². The zero-order valence-electron chi connectivity index (χ0n) is 28.1. The highest BCUT2D eigenvalue weighted by molar-refractivity contribution is 6.02. The summed E-state index contributed by atoms with van der Waals surface area (Å²) in [6, 6.07) is 7.42. The number of carbonyl (C=O) groups excluding carboxylic acids is 2. The first kappa shape index (κ1) is 33.3. The van der Waals surface area contributed by atoms with Crippen LogP contribution in [-0.4, -0.2) is 88.1 Å². The summed E-state index contributed by atoms with van der Waals surface area (Å²) in [6.45, 7) is 8.38. The van der Waals surface area contributed by atoms with Crippen molar-refractivity contribution in [2.75, 3.05) is 38.2 Å². The molecule has 9 nitrogen and oxygen atoms in total. The molecule has 4 heterocycles. The molecule has 2 saturated heterocycles. The molecule has 12 heteroatoms. The van der Waals surface area contributed by atoms with Crippen LogP contribution in [0.5, 0.6) is 6.01 Å². The molecule has 2 aromatic heterocycles. The minimum absolute atomic E-state index is 0.00640. The molecular weight excluding hydrogens is 645 g/mol. The van der Waals surface area contributed by atoms with E-state index in [0.29, 0.717) is 60.0 Å². The number of hydrogen-bond donors (Lipinski definition) is 0. The third-order valence-corrected chi connectivity index (χ3v) is 11.0. The van der Waals surface area contributed by atoms with Gasteiger partial charge in [-0.05, 0) is 49.6 Å². The van der Waals surface area contributed by atoms with Crippen molar-refractivity contribution in [3.63, 3.8) is 0 Å². The Morgan fingerprint density at radius 2 is 2.04 bits per heavy atom. The summed E-state index contributed by atoms with van der Waals surface area (Å²) in [7, 11) is 1.81. The standard InChI is InChI=1S/C38H37F3N6O3/c1-6-26-29(40)12-11-23-9-8-10-27(32(23)26)34-33(41)35-28(17-42-34)36(45(5)30-13-14-47(21(30)3)31(49)7-2)44-37(43-35)50-20-38-16-25(39)15-24(38)18-46(19-38)22(4)48/h1,7-12,17,21,24-25,30H,2,13-16,18-20H2,3-5H3/t21-,24?,25?,30-,38?/m1/s1. The summed E-state index contributed by atoms with van der Waals surface area (Å²) >= 11 is 0. The van der Waals surface area contributed by atoms with Crippen molar-refractivity contribution in [3.05, 3.63) is 66.4 Å². The van der Waals surface area contributed by atoms with Gasteiger partial charge in [-0.15, -0.1) is 6.42 Å². The van der Waals surface area contributed by atoms with Gasteiger partial charge in [0.1, 0.15) is 29.0 Å². The molecule has 0 radical (unpaired) electrons. The first-order chi connectivity index (χ1) is 24.0. The Morgan fingerprint density at radius 3 is 2.78 bits per heavy atom. The maximum Gasteiger partial charge on any atom is 0.319 e. The Kier molecular flexibility index (Phi) is 8.40. The van der Waals surface area contributed by atoms with Crippen molar-refractivity contribution in [2.45, 2.75) is 51.4 Å². The van der Waals surface area contributed by atoms with Crippen molar-refractivity contribution in [1.29, 1.82) is 0 Å². The van der Waals surface area contributed by atoms with E-state index < -0.39 is 23.2 Å². The molecule has 7 rings (SSSR count).